The Balaban J connectivity index is 1.81. The number of benzene rings is 1. The number of carbonyl (C=O) groups excluding carboxylic acids is 2. The van der Waals surface area contributed by atoms with Gasteiger partial charge in [0.05, 0.1) is 24.9 Å². The first kappa shape index (κ1) is 26.2. The lowest BCUT2D eigenvalue weighted by atomic mass is 9.96. The summed E-state index contributed by atoms with van der Waals surface area (Å²) in [6.45, 7) is 0.595. The second kappa shape index (κ2) is 11.4. The first-order chi connectivity index (χ1) is 16.2. The van der Waals surface area contributed by atoms with Crippen LogP contribution in [0.1, 0.15) is 6.92 Å². The van der Waals surface area contributed by atoms with Gasteiger partial charge in [-0.05, 0) is 12.1 Å². The van der Waals surface area contributed by atoms with E-state index in [9.17, 15) is 35.1 Å². The molecule has 0 aromatic heterocycles. The van der Waals surface area contributed by atoms with Crippen molar-refractivity contribution in [3.05, 3.63) is 24.3 Å². The van der Waals surface area contributed by atoms with Crippen molar-refractivity contribution in [1.29, 1.82) is 0 Å². The first-order valence-electron chi connectivity index (χ1n) is 10.6. The van der Waals surface area contributed by atoms with E-state index in [2.05, 4.69) is 10.6 Å². The molecular weight excluding hydrogens is 456 g/mol. The molecular formula is C21H30N2O11. The van der Waals surface area contributed by atoms with Gasteiger partial charge in [-0.15, -0.1) is 0 Å². The molecule has 2 fully saturated rings. The Hall–Kier alpha value is -2.36. The molecule has 1 aromatic carbocycles. The molecule has 3 rings (SSSR count). The molecule has 0 spiro atoms. The number of hydrogen-bond acceptors (Lipinski definition) is 11. The Bertz CT molecular complexity index is 856. The number of anilines is 1. The highest BCUT2D eigenvalue weighted by Gasteiger charge is 2.51. The summed E-state index contributed by atoms with van der Waals surface area (Å²) in [5.41, 5.74) is 0.0837. The molecule has 9 atom stereocenters. The van der Waals surface area contributed by atoms with Crippen LogP contribution in [0.4, 0.5) is 5.69 Å². The van der Waals surface area contributed by atoms with Crippen molar-refractivity contribution in [2.45, 2.75) is 62.0 Å². The quantitative estimate of drug-likeness (QED) is 0.200. The van der Waals surface area contributed by atoms with Crippen LogP contribution in [-0.4, -0.2) is 113 Å². The van der Waals surface area contributed by atoms with Crippen LogP contribution in [0.2, 0.25) is 0 Å². The Labute approximate surface area is 195 Å². The van der Waals surface area contributed by atoms with Crippen LogP contribution in [0, 0.1) is 0 Å². The molecule has 2 aliphatic rings. The van der Waals surface area contributed by atoms with E-state index in [1.54, 1.807) is 12.1 Å². The molecule has 7 N–H and O–H groups in total. The van der Waals surface area contributed by atoms with Crippen LogP contribution in [0.15, 0.2) is 24.3 Å². The van der Waals surface area contributed by atoms with Gasteiger partial charge in [-0.2, -0.15) is 0 Å². The number of carbonyl (C=O) groups is 2. The van der Waals surface area contributed by atoms with Gasteiger partial charge in [0.15, 0.2) is 12.4 Å². The summed E-state index contributed by atoms with van der Waals surface area (Å²) in [5, 5.41) is 56.2. The second-order valence-electron chi connectivity index (χ2n) is 8.07. The summed E-state index contributed by atoms with van der Waals surface area (Å²) in [7, 11) is 1.21. The number of methoxy groups -OCH3 is 1. The van der Waals surface area contributed by atoms with E-state index >= 15 is 0 Å². The van der Waals surface area contributed by atoms with Crippen molar-refractivity contribution in [2.75, 3.05) is 25.6 Å². The molecule has 2 heterocycles. The number of amides is 2. The number of phenolic OH excluding ortho intramolecular Hbond substituents is 1. The van der Waals surface area contributed by atoms with Crippen LogP contribution in [0.25, 0.3) is 0 Å². The van der Waals surface area contributed by atoms with Gasteiger partial charge in [-0.25, -0.2) is 0 Å². The molecule has 0 radical (unpaired) electrons. The highest BCUT2D eigenvalue weighted by molar-refractivity contribution is 5.96. The summed E-state index contributed by atoms with van der Waals surface area (Å²) in [5.74, 6) is -1.44. The van der Waals surface area contributed by atoms with Gasteiger partial charge < -0.3 is 55.1 Å². The third-order valence-corrected chi connectivity index (χ3v) is 5.70. The fourth-order valence-electron chi connectivity index (χ4n) is 3.95. The zero-order valence-corrected chi connectivity index (χ0v) is 18.6. The van der Waals surface area contributed by atoms with Crippen LogP contribution in [0.3, 0.4) is 0 Å². The molecule has 2 aliphatic heterocycles. The lowest BCUT2D eigenvalue weighted by Crippen LogP contribution is -2.66. The van der Waals surface area contributed by atoms with Gasteiger partial charge in [0.1, 0.15) is 42.4 Å². The van der Waals surface area contributed by atoms with Crippen molar-refractivity contribution in [1.82, 2.24) is 5.32 Å². The monoisotopic (exact) mass is 486 g/mol. The molecule has 13 nitrogen and oxygen atoms in total. The number of nitrogens with one attached hydrogen (secondary N) is 2. The smallest absolute Gasteiger partial charge is 0.256 e. The third kappa shape index (κ3) is 5.64. The molecule has 0 bridgehead atoms. The van der Waals surface area contributed by atoms with E-state index < -0.39 is 73.5 Å². The maximum absolute atomic E-state index is 12.9. The summed E-state index contributed by atoms with van der Waals surface area (Å²) in [6.07, 6.45) is -11.4. The fraction of sp³-hybridized carbons (Fsp3) is 0.619. The number of aromatic hydroxyl groups is 1. The molecule has 0 saturated carbocycles. The maximum Gasteiger partial charge on any atom is 0.256 e. The Morgan fingerprint density at radius 1 is 1.12 bits per heavy atom. The normalized spacial score (nSPS) is 36.0. The van der Waals surface area contributed by atoms with Crippen LogP contribution in [-0.2, 0) is 28.5 Å². The zero-order valence-electron chi connectivity index (χ0n) is 18.6. The van der Waals surface area contributed by atoms with Gasteiger partial charge in [0.2, 0.25) is 5.91 Å². The van der Waals surface area contributed by atoms with Crippen molar-refractivity contribution in [3.8, 4) is 5.75 Å². The second-order valence-corrected chi connectivity index (χ2v) is 8.07. The summed E-state index contributed by atoms with van der Waals surface area (Å²) in [6, 6.07) is 5.08. The van der Waals surface area contributed by atoms with E-state index in [1.165, 1.54) is 26.2 Å². The largest absolute Gasteiger partial charge is 0.506 e. The number of aliphatic hydroxyl groups is 4. The highest BCUT2D eigenvalue weighted by atomic mass is 16.7. The highest BCUT2D eigenvalue weighted by Crippen LogP contribution is 2.30. The zero-order chi connectivity index (χ0) is 25.0. The molecule has 34 heavy (non-hydrogen) atoms. The lowest BCUT2D eigenvalue weighted by Gasteiger charge is -2.45. The summed E-state index contributed by atoms with van der Waals surface area (Å²) in [4.78, 5) is 24.5. The Kier molecular flexibility index (Phi) is 8.78. The average Bonchev–Trinajstić information content (AvgIpc) is 2.80. The van der Waals surface area contributed by atoms with E-state index in [4.69, 9.17) is 18.9 Å². The van der Waals surface area contributed by atoms with E-state index in [1.807, 2.05) is 0 Å². The minimum atomic E-state index is -1.69. The van der Waals surface area contributed by atoms with Gasteiger partial charge in [-0.3, -0.25) is 9.59 Å². The van der Waals surface area contributed by atoms with Gasteiger partial charge in [0.25, 0.3) is 5.91 Å². The van der Waals surface area contributed by atoms with Crippen molar-refractivity contribution in [3.63, 3.8) is 0 Å². The standard InChI is InChI=1S/C21H30N2O11/c1-9(25)22-11-8-32-13(7-24)14(27)17(11)33-21-16(29)15(28)18(31-2)19(34-21)20(30)23-10-5-3-4-6-12(10)26/h3-6,11,13-19,21,24,26-29H,7-8H2,1-2H3,(H,22,25)(H,23,30)/t11-,13+,14+,15+,16+,17+,18-,19-,21+/m0/s1. The number of hydrogen-bond donors (Lipinski definition) is 7. The molecule has 13 heteroatoms. The predicted octanol–water partition coefficient (Wildman–Crippen LogP) is -2.57. The number of ether oxygens (including phenoxy) is 4. The fourth-order valence-corrected chi connectivity index (χ4v) is 3.95. The van der Waals surface area contributed by atoms with E-state index in [0.717, 1.165) is 0 Å². The van der Waals surface area contributed by atoms with Crippen LogP contribution in [0.5, 0.6) is 5.75 Å². The lowest BCUT2D eigenvalue weighted by molar-refractivity contribution is -0.321. The molecule has 0 unspecified atom stereocenters. The van der Waals surface area contributed by atoms with Crippen molar-refractivity contribution >= 4 is 17.5 Å². The predicted molar refractivity (Wildman–Crippen MR) is 114 cm³/mol. The van der Waals surface area contributed by atoms with Crippen LogP contribution >= 0.6 is 0 Å². The number of phenols is 1. The Morgan fingerprint density at radius 2 is 1.82 bits per heavy atom. The minimum absolute atomic E-state index is 0.0837. The molecule has 2 amide bonds. The average molecular weight is 486 g/mol. The maximum atomic E-state index is 12.9. The van der Waals surface area contributed by atoms with Gasteiger partial charge in [-0.1, -0.05) is 12.1 Å². The minimum Gasteiger partial charge on any atom is -0.506 e. The topological polar surface area (TPSA) is 196 Å². The molecule has 2 saturated heterocycles. The SMILES string of the molecule is CO[C@H]1[C@H](O)[C@@H](O)[C@H](O[C@H]2[C@H](O)[C@@H](CO)OC[C@@H]2NC(C)=O)O[C@@H]1C(=O)Nc1ccccc1O. The molecule has 190 valence electrons. The summed E-state index contributed by atoms with van der Waals surface area (Å²) < 4.78 is 21.9. The molecule has 0 aliphatic carbocycles. The third-order valence-electron chi connectivity index (χ3n) is 5.70. The molecule has 1 aromatic rings. The number of aliphatic hydroxyl groups excluding tert-OH is 4. The van der Waals surface area contributed by atoms with Gasteiger partial charge >= 0.3 is 0 Å². The van der Waals surface area contributed by atoms with Crippen molar-refractivity contribution in [2.24, 2.45) is 0 Å². The first-order valence-corrected chi connectivity index (χ1v) is 10.6. The van der Waals surface area contributed by atoms with Crippen molar-refractivity contribution < 1.29 is 54.1 Å². The summed E-state index contributed by atoms with van der Waals surface area (Å²) >= 11 is 0. The van der Waals surface area contributed by atoms with E-state index in [0.29, 0.717) is 0 Å². The number of rotatable bonds is 7. The van der Waals surface area contributed by atoms with E-state index in [-0.39, 0.29) is 18.0 Å². The van der Waals surface area contributed by atoms with Gasteiger partial charge in [0, 0.05) is 14.0 Å². The Morgan fingerprint density at radius 3 is 2.44 bits per heavy atom. The number of para-hydroxylation sites is 2. The van der Waals surface area contributed by atoms with Crippen LogP contribution < -0.4 is 10.6 Å².